The smallest absolute Gasteiger partial charge is 0.321 e. The van der Waals surface area contributed by atoms with Gasteiger partial charge in [0, 0.05) is 19.2 Å². The van der Waals surface area contributed by atoms with Crippen LogP contribution in [0.3, 0.4) is 0 Å². The minimum absolute atomic E-state index is 0.333. The molecule has 0 saturated heterocycles. The maximum absolute atomic E-state index is 13.1. The molecule has 2 aromatic heterocycles. The summed E-state index contributed by atoms with van der Waals surface area (Å²) in [5.41, 5.74) is 0.439. The van der Waals surface area contributed by atoms with Crippen LogP contribution < -0.4 is 11.2 Å². The van der Waals surface area contributed by atoms with Crippen molar-refractivity contribution in [1.29, 1.82) is 0 Å². The molecule has 0 radical (unpaired) electrons. The Bertz CT molecular complexity index is 967. The van der Waals surface area contributed by atoms with Crippen LogP contribution in [0.4, 0.5) is 4.39 Å². The van der Waals surface area contributed by atoms with Crippen LogP contribution in [0.15, 0.2) is 33.9 Å². The van der Waals surface area contributed by atoms with Crippen LogP contribution in [-0.4, -0.2) is 19.1 Å². The van der Waals surface area contributed by atoms with Crippen LogP contribution in [0.2, 0.25) is 0 Å². The standard InChI is InChI=1S/C16H17FN4O2/c1-3-4-9-21-14-12(15(22)19-16(21)23)20(2)13(18-14)10-5-7-11(17)8-6-10/h5-8H,3-4,9H2,1-2H3,(H,19,22,23). The minimum Gasteiger partial charge on any atom is -0.321 e. The van der Waals surface area contributed by atoms with E-state index in [1.165, 1.54) is 16.7 Å². The van der Waals surface area contributed by atoms with E-state index in [1.807, 2.05) is 6.92 Å². The number of benzene rings is 1. The molecule has 3 rings (SSSR count). The highest BCUT2D eigenvalue weighted by atomic mass is 19.1. The van der Waals surface area contributed by atoms with E-state index in [1.54, 1.807) is 23.7 Å². The third-order valence-corrected chi connectivity index (χ3v) is 3.85. The Morgan fingerprint density at radius 2 is 1.91 bits per heavy atom. The lowest BCUT2D eigenvalue weighted by Crippen LogP contribution is -2.31. The fraction of sp³-hybridized carbons (Fsp3) is 0.312. The minimum atomic E-state index is -0.471. The first-order chi connectivity index (χ1) is 11.0. The van der Waals surface area contributed by atoms with E-state index in [0.717, 1.165) is 12.8 Å². The number of aromatic nitrogens is 4. The molecule has 2 heterocycles. The van der Waals surface area contributed by atoms with E-state index in [9.17, 15) is 14.0 Å². The second-order valence-corrected chi connectivity index (χ2v) is 5.44. The molecule has 120 valence electrons. The second-order valence-electron chi connectivity index (χ2n) is 5.44. The largest absolute Gasteiger partial charge is 0.330 e. The van der Waals surface area contributed by atoms with E-state index in [4.69, 9.17) is 0 Å². The van der Waals surface area contributed by atoms with Gasteiger partial charge < -0.3 is 4.57 Å². The van der Waals surface area contributed by atoms with Crippen molar-refractivity contribution in [2.75, 3.05) is 0 Å². The summed E-state index contributed by atoms with van der Waals surface area (Å²) in [5.74, 6) is 0.173. The predicted molar refractivity (Wildman–Crippen MR) is 85.9 cm³/mol. The van der Waals surface area contributed by atoms with Crippen molar-refractivity contribution >= 4 is 11.2 Å². The fourth-order valence-electron chi connectivity index (χ4n) is 2.63. The molecular weight excluding hydrogens is 299 g/mol. The molecule has 0 bridgehead atoms. The Morgan fingerprint density at radius 3 is 2.57 bits per heavy atom. The van der Waals surface area contributed by atoms with E-state index in [-0.39, 0.29) is 5.82 Å². The summed E-state index contributed by atoms with van der Waals surface area (Å²) in [6.45, 7) is 2.51. The molecule has 0 fully saturated rings. The lowest BCUT2D eigenvalue weighted by atomic mass is 10.2. The van der Waals surface area contributed by atoms with Crippen molar-refractivity contribution in [2.24, 2.45) is 7.05 Å². The SMILES string of the molecule is CCCCn1c(=O)[nH]c(=O)c2c1nc(-c1ccc(F)cc1)n2C. The predicted octanol–water partition coefficient (Wildman–Crippen LogP) is 2.03. The first-order valence-electron chi connectivity index (χ1n) is 7.48. The second kappa shape index (κ2) is 5.83. The van der Waals surface area contributed by atoms with Gasteiger partial charge in [0.05, 0.1) is 0 Å². The molecule has 0 aliphatic heterocycles. The van der Waals surface area contributed by atoms with Crippen LogP contribution in [0.1, 0.15) is 19.8 Å². The van der Waals surface area contributed by atoms with E-state index >= 15 is 0 Å². The molecule has 1 N–H and O–H groups in total. The van der Waals surface area contributed by atoms with Crippen molar-refractivity contribution < 1.29 is 4.39 Å². The van der Waals surface area contributed by atoms with Crippen LogP contribution >= 0.6 is 0 Å². The van der Waals surface area contributed by atoms with E-state index in [0.29, 0.717) is 29.1 Å². The average Bonchev–Trinajstić information content (AvgIpc) is 2.86. The number of nitrogens with one attached hydrogen (secondary N) is 1. The number of halogens is 1. The Balaban J connectivity index is 2.28. The summed E-state index contributed by atoms with van der Waals surface area (Å²) in [5, 5.41) is 0. The number of rotatable bonds is 4. The number of hydrogen-bond acceptors (Lipinski definition) is 3. The number of hydrogen-bond donors (Lipinski definition) is 1. The number of fused-ring (bicyclic) bond motifs is 1. The van der Waals surface area contributed by atoms with Crippen molar-refractivity contribution in [3.63, 3.8) is 0 Å². The molecule has 7 heteroatoms. The molecule has 6 nitrogen and oxygen atoms in total. The average molecular weight is 316 g/mol. The fourth-order valence-corrected chi connectivity index (χ4v) is 2.63. The summed E-state index contributed by atoms with van der Waals surface area (Å²) in [6.07, 6.45) is 1.73. The van der Waals surface area contributed by atoms with Crippen LogP contribution in [0.5, 0.6) is 0 Å². The first kappa shape index (κ1) is 15.2. The van der Waals surface area contributed by atoms with Gasteiger partial charge in [-0.05, 0) is 30.7 Å². The monoisotopic (exact) mass is 316 g/mol. The summed E-state index contributed by atoms with van der Waals surface area (Å²) in [7, 11) is 1.71. The molecule has 3 aromatic rings. The number of nitrogens with zero attached hydrogens (tertiary/aromatic N) is 3. The first-order valence-corrected chi connectivity index (χ1v) is 7.48. The summed E-state index contributed by atoms with van der Waals surface area (Å²) in [6, 6.07) is 5.87. The van der Waals surface area contributed by atoms with Gasteiger partial charge in [0.15, 0.2) is 11.2 Å². The number of H-pyrrole nitrogens is 1. The molecule has 0 amide bonds. The van der Waals surface area contributed by atoms with Gasteiger partial charge in [0.2, 0.25) is 0 Å². The molecule has 1 aromatic carbocycles. The van der Waals surface area contributed by atoms with Gasteiger partial charge in [0.1, 0.15) is 11.6 Å². The van der Waals surface area contributed by atoms with Crippen LogP contribution in [0, 0.1) is 5.82 Å². The van der Waals surface area contributed by atoms with Gasteiger partial charge in [-0.1, -0.05) is 13.3 Å². The summed E-state index contributed by atoms with van der Waals surface area (Å²) >= 11 is 0. The number of aromatic amines is 1. The lowest BCUT2D eigenvalue weighted by molar-refractivity contribution is 0.613. The van der Waals surface area contributed by atoms with Crippen molar-refractivity contribution in [3.05, 3.63) is 50.9 Å². The topological polar surface area (TPSA) is 72.7 Å². The molecule has 0 atom stereocenters. The number of aryl methyl sites for hydroxylation is 2. The zero-order chi connectivity index (χ0) is 16.6. The molecule has 23 heavy (non-hydrogen) atoms. The summed E-state index contributed by atoms with van der Waals surface area (Å²) in [4.78, 5) is 31.0. The Kier molecular flexibility index (Phi) is 3.85. The quantitative estimate of drug-likeness (QED) is 0.800. The third kappa shape index (κ3) is 2.58. The normalized spacial score (nSPS) is 11.3. The zero-order valence-electron chi connectivity index (χ0n) is 13.0. The van der Waals surface area contributed by atoms with Gasteiger partial charge in [-0.15, -0.1) is 0 Å². The Morgan fingerprint density at radius 1 is 1.22 bits per heavy atom. The van der Waals surface area contributed by atoms with Gasteiger partial charge in [0.25, 0.3) is 5.56 Å². The van der Waals surface area contributed by atoms with Crippen molar-refractivity contribution in [3.8, 4) is 11.4 Å². The van der Waals surface area contributed by atoms with Gasteiger partial charge in [-0.3, -0.25) is 14.3 Å². The molecule has 0 saturated carbocycles. The van der Waals surface area contributed by atoms with Gasteiger partial charge in [-0.25, -0.2) is 14.2 Å². The summed E-state index contributed by atoms with van der Waals surface area (Å²) < 4.78 is 16.2. The van der Waals surface area contributed by atoms with Crippen molar-refractivity contribution in [2.45, 2.75) is 26.3 Å². The Labute approximate surface area is 131 Å². The maximum Gasteiger partial charge on any atom is 0.330 e. The Hall–Kier alpha value is -2.70. The highest BCUT2D eigenvalue weighted by Crippen LogP contribution is 2.21. The third-order valence-electron chi connectivity index (χ3n) is 3.85. The highest BCUT2D eigenvalue weighted by molar-refractivity contribution is 5.76. The van der Waals surface area contributed by atoms with Crippen molar-refractivity contribution in [1.82, 2.24) is 19.1 Å². The van der Waals surface area contributed by atoms with Gasteiger partial charge >= 0.3 is 5.69 Å². The van der Waals surface area contributed by atoms with E-state index in [2.05, 4.69) is 9.97 Å². The van der Waals surface area contributed by atoms with E-state index < -0.39 is 11.2 Å². The number of unbranched alkanes of at least 4 members (excludes halogenated alkanes) is 1. The highest BCUT2D eigenvalue weighted by Gasteiger charge is 2.17. The lowest BCUT2D eigenvalue weighted by Gasteiger charge is -2.04. The molecule has 0 spiro atoms. The van der Waals surface area contributed by atoms with Gasteiger partial charge in [-0.2, -0.15) is 0 Å². The zero-order valence-corrected chi connectivity index (χ0v) is 13.0. The molecular formula is C16H17FN4O2. The molecule has 0 unspecified atom stereocenters. The van der Waals surface area contributed by atoms with Crippen LogP contribution in [0.25, 0.3) is 22.6 Å². The van der Waals surface area contributed by atoms with Crippen LogP contribution in [-0.2, 0) is 13.6 Å². The molecule has 0 aliphatic carbocycles. The molecule has 0 aliphatic rings. The number of imidazole rings is 1. The maximum atomic E-state index is 13.1.